The molecule has 3 heterocycles. The molecule has 3 fully saturated rings. The Hall–Kier alpha value is -0.400. The van der Waals surface area contributed by atoms with Crippen LogP contribution in [0.3, 0.4) is 0 Å². The van der Waals surface area contributed by atoms with Gasteiger partial charge in [0, 0.05) is 47.7 Å². The molecule has 0 aromatic heterocycles. The minimum Gasteiger partial charge on any atom is -0.388 e. The normalized spacial score (nSPS) is 48.0. The second-order valence-corrected chi connectivity index (χ2v) is 8.77. The van der Waals surface area contributed by atoms with Crippen LogP contribution in [0.5, 0.6) is 0 Å². The van der Waals surface area contributed by atoms with Gasteiger partial charge in [-0.1, -0.05) is 0 Å². The summed E-state index contributed by atoms with van der Waals surface area (Å²) < 4.78 is 52.6. The summed E-state index contributed by atoms with van der Waals surface area (Å²) in [5, 5.41) is 10.2. The van der Waals surface area contributed by atoms with Gasteiger partial charge in [0.05, 0.1) is 36.6 Å². The summed E-state index contributed by atoms with van der Waals surface area (Å²) in [6.07, 6.45) is -2.93. The van der Waals surface area contributed by atoms with Crippen LogP contribution in [0.2, 0.25) is 0 Å². The minimum absolute atomic E-state index is 0.174. The number of aliphatic hydroxyl groups is 1. The molecule has 10 nitrogen and oxygen atoms in total. The quantitative estimate of drug-likeness (QED) is 0.564. The smallest absolute Gasteiger partial charge is 0.161 e. The lowest BCUT2D eigenvalue weighted by Gasteiger charge is -2.45. The summed E-state index contributed by atoms with van der Waals surface area (Å²) in [5.74, 6) is 0. The summed E-state index contributed by atoms with van der Waals surface area (Å²) in [4.78, 5) is 0. The fraction of sp³-hybridized carbons (Fsp3) is 1.00. The van der Waals surface area contributed by atoms with Crippen molar-refractivity contribution in [1.82, 2.24) is 0 Å². The van der Waals surface area contributed by atoms with Crippen molar-refractivity contribution in [1.29, 1.82) is 0 Å². The zero-order chi connectivity index (χ0) is 23.4. The van der Waals surface area contributed by atoms with Crippen molar-refractivity contribution >= 4 is 0 Å². The van der Waals surface area contributed by atoms with Crippen molar-refractivity contribution in [3.8, 4) is 0 Å². The highest BCUT2D eigenvalue weighted by Crippen LogP contribution is 2.33. The van der Waals surface area contributed by atoms with Crippen LogP contribution in [0, 0.1) is 0 Å². The van der Waals surface area contributed by atoms with Crippen LogP contribution in [-0.4, -0.2) is 107 Å². The highest BCUT2D eigenvalue weighted by molar-refractivity contribution is 4.89. The molecule has 3 saturated heterocycles. The molecule has 10 heteroatoms. The summed E-state index contributed by atoms with van der Waals surface area (Å²) in [6.45, 7) is 5.67. The van der Waals surface area contributed by atoms with Gasteiger partial charge in [-0.25, -0.2) is 0 Å². The summed E-state index contributed by atoms with van der Waals surface area (Å²) in [6, 6.07) is 0. The molecule has 0 unspecified atom stereocenters. The van der Waals surface area contributed by atoms with Crippen LogP contribution in [0.4, 0.5) is 0 Å². The van der Waals surface area contributed by atoms with E-state index in [0.717, 1.165) is 0 Å². The molecule has 0 aliphatic carbocycles. The van der Waals surface area contributed by atoms with E-state index in [1.807, 2.05) is 13.8 Å². The van der Waals surface area contributed by atoms with Crippen molar-refractivity contribution in [2.24, 2.45) is 0 Å². The third-order valence-corrected chi connectivity index (χ3v) is 6.68. The van der Waals surface area contributed by atoms with Gasteiger partial charge < -0.3 is 47.7 Å². The van der Waals surface area contributed by atoms with Gasteiger partial charge in [-0.15, -0.1) is 0 Å². The Morgan fingerprint density at radius 2 is 0.969 bits per heavy atom. The first kappa shape index (κ1) is 26.2. The van der Waals surface area contributed by atoms with E-state index < -0.39 is 24.8 Å². The monoisotopic (exact) mass is 464 g/mol. The van der Waals surface area contributed by atoms with Gasteiger partial charge >= 0.3 is 0 Å². The number of hydrogen-bond donors (Lipinski definition) is 1. The standard InChI is InChI=1S/C22H40O10/c1-11-20(23)14(24-4)8-18(28-11)31-22-13(3)30-19(10-16(22)26-6)32-21-12(2)29-17(27-7)9-15(21)25-5/h11-23H,8-10H2,1-7H3/t11-,12-,13-,14-,15-,16-,17+,18-,19+,20-,21-,22-/m1/s1. The van der Waals surface area contributed by atoms with E-state index in [4.69, 9.17) is 42.6 Å². The van der Waals surface area contributed by atoms with E-state index in [-0.39, 0.29) is 49.0 Å². The summed E-state index contributed by atoms with van der Waals surface area (Å²) in [7, 11) is 6.50. The number of ether oxygens (including phenoxy) is 9. The number of rotatable bonds is 8. The van der Waals surface area contributed by atoms with Gasteiger partial charge in [0.15, 0.2) is 18.9 Å². The van der Waals surface area contributed by atoms with Crippen LogP contribution < -0.4 is 0 Å². The van der Waals surface area contributed by atoms with E-state index in [1.54, 1.807) is 35.4 Å². The van der Waals surface area contributed by atoms with Gasteiger partial charge in [0.25, 0.3) is 0 Å². The lowest BCUT2D eigenvalue weighted by atomic mass is 9.99. The maximum Gasteiger partial charge on any atom is 0.161 e. The Balaban J connectivity index is 1.60. The Labute approximate surface area is 190 Å². The topological polar surface area (TPSA) is 103 Å². The molecule has 188 valence electrons. The fourth-order valence-electron chi connectivity index (χ4n) is 4.77. The van der Waals surface area contributed by atoms with Crippen LogP contribution in [-0.2, 0) is 42.6 Å². The number of methoxy groups -OCH3 is 4. The maximum absolute atomic E-state index is 10.2. The molecule has 1 N–H and O–H groups in total. The Bertz CT molecular complexity index is 565. The molecule has 0 bridgehead atoms. The molecule has 32 heavy (non-hydrogen) atoms. The van der Waals surface area contributed by atoms with Crippen molar-refractivity contribution in [3.05, 3.63) is 0 Å². The van der Waals surface area contributed by atoms with Gasteiger partial charge in [0.1, 0.15) is 18.3 Å². The zero-order valence-electron chi connectivity index (χ0n) is 20.2. The first-order chi connectivity index (χ1) is 15.3. The highest BCUT2D eigenvalue weighted by atomic mass is 16.7. The van der Waals surface area contributed by atoms with Crippen molar-refractivity contribution in [3.63, 3.8) is 0 Å². The molecular formula is C22H40O10. The van der Waals surface area contributed by atoms with Gasteiger partial charge in [-0.3, -0.25) is 0 Å². The predicted molar refractivity (Wildman–Crippen MR) is 112 cm³/mol. The fourth-order valence-corrected chi connectivity index (χ4v) is 4.77. The molecule has 0 aromatic carbocycles. The lowest BCUT2D eigenvalue weighted by molar-refractivity contribution is -0.335. The van der Waals surface area contributed by atoms with E-state index in [0.29, 0.717) is 19.3 Å². The maximum atomic E-state index is 10.2. The van der Waals surface area contributed by atoms with E-state index >= 15 is 0 Å². The SMILES string of the molecule is CO[C@@H]1C[C@@H](OC)[C@H](O[C@H]2C[C@@H](OC)[C@H](O[C@@H]3C[C@@H](OC)[C@H](O)[C@@H](C)O3)[C@@H](C)O2)[C@@H](C)O1. The second-order valence-electron chi connectivity index (χ2n) is 8.77. The molecule has 0 saturated carbocycles. The zero-order valence-corrected chi connectivity index (χ0v) is 20.2. The molecule has 12 atom stereocenters. The molecule has 3 aliphatic heterocycles. The van der Waals surface area contributed by atoms with Crippen LogP contribution in [0.1, 0.15) is 40.0 Å². The van der Waals surface area contributed by atoms with Crippen molar-refractivity contribution < 1.29 is 47.7 Å². The summed E-state index contributed by atoms with van der Waals surface area (Å²) in [5.41, 5.74) is 0. The van der Waals surface area contributed by atoms with Gasteiger partial charge in [0.2, 0.25) is 0 Å². The Kier molecular flexibility index (Phi) is 9.69. The van der Waals surface area contributed by atoms with Gasteiger partial charge in [-0.2, -0.15) is 0 Å². The molecule has 3 rings (SSSR count). The third kappa shape index (κ3) is 5.99. The molecule has 0 amide bonds. The second kappa shape index (κ2) is 11.8. The largest absolute Gasteiger partial charge is 0.388 e. The average molecular weight is 465 g/mol. The van der Waals surface area contributed by atoms with Gasteiger partial charge in [-0.05, 0) is 20.8 Å². The third-order valence-electron chi connectivity index (χ3n) is 6.68. The predicted octanol–water partition coefficient (Wildman–Crippen LogP) is 1.21. The Morgan fingerprint density at radius 1 is 0.562 bits per heavy atom. The molecule has 3 aliphatic rings. The van der Waals surface area contributed by atoms with E-state index in [1.165, 1.54) is 0 Å². The van der Waals surface area contributed by atoms with Crippen LogP contribution in [0.15, 0.2) is 0 Å². The molecule has 0 spiro atoms. The minimum atomic E-state index is -0.693. The molecular weight excluding hydrogens is 424 g/mol. The Morgan fingerprint density at radius 3 is 1.44 bits per heavy atom. The first-order valence-electron chi connectivity index (χ1n) is 11.4. The van der Waals surface area contributed by atoms with E-state index in [2.05, 4.69) is 0 Å². The highest BCUT2D eigenvalue weighted by Gasteiger charge is 2.45. The molecule has 0 radical (unpaired) electrons. The number of hydrogen-bond acceptors (Lipinski definition) is 10. The van der Waals surface area contributed by atoms with Crippen LogP contribution >= 0.6 is 0 Å². The first-order valence-corrected chi connectivity index (χ1v) is 11.4. The number of aliphatic hydroxyl groups excluding tert-OH is 1. The average Bonchev–Trinajstić information content (AvgIpc) is 2.78. The molecule has 0 aromatic rings. The van der Waals surface area contributed by atoms with Crippen molar-refractivity contribution in [2.75, 3.05) is 28.4 Å². The summed E-state index contributed by atoms with van der Waals surface area (Å²) >= 11 is 0. The van der Waals surface area contributed by atoms with Crippen molar-refractivity contribution in [2.45, 2.75) is 114 Å². The lowest BCUT2D eigenvalue weighted by Crippen LogP contribution is -2.56. The van der Waals surface area contributed by atoms with E-state index in [9.17, 15) is 5.11 Å². The van der Waals surface area contributed by atoms with Crippen LogP contribution in [0.25, 0.3) is 0 Å².